The maximum atomic E-state index is 14.2. The van der Waals surface area contributed by atoms with Crippen LogP contribution in [0.2, 0.25) is 0 Å². The molecule has 1 fully saturated rings. The largest absolute Gasteiger partial charge is 0.483 e. The maximum Gasteiger partial charge on any atom is 0.405 e. The van der Waals surface area contributed by atoms with Gasteiger partial charge in [0.05, 0.1) is 24.1 Å². The fourth-order valence-corrected chi connectivity index (χ4v) is 8.53. The summed E-state index contributed by atoms with van der Waals surface area (Å²) < 4.78 is 78.5. The molecule has 2 atom stereocenters. The summed E-state index contributed by atoms with van der Waals surface area (Å²) in [6.45, 7) is 12.6. The monoisotopic (exact) mass is 733 g/mol. The van der Waals surface area contributed by atoms with Crippen molar-refractivity contribution >= 4 is 31.8 Å². The van der Waals surface area contributed by atoms with Gasteiger partial charge in [-0.25, -0.2) is 0 Å². The second-order valence-corrected chi connectivity index (χ2v) is 18.3. The lowest BCUT2D eigenvalue weighted by Gasteiger charge is -2.44. The fourth-order valence-electron chi connectivity index (χ4n) is 6.02. The molecule has 6 nitrogen and oxygen atoms in total. The van der Waals surface area contributed by atoms with E-state index in [1.165, 1.54) is 17.7 Å². The molecule has 1 saturated heterocycles. The first kappa shape index (κ1) is 37.0. The first-order chi connectivity index (χ1) is 23.9. The van der Waals surface area contributed by atoms with Crippen LogP contribution in [0.1, 0.15) is 58.2 Å². The van der Waals surface area contributed by atoms with Crippen molar-refractivity contribution in [1.82, 2.24) is 0 Å². The van der Waals surface area contributed by atoms with Crippen molar-refractivity contribution in [2.75, 3.05) is 13.2 Å². The third-order valence-electron chi connectivity index (χ3n) is 9.08. The Morgan fingerprint density at radius 2 is 1.24 bits per heavy atom. The molecule has 0 bridgehead atoms. The van der Waals surface area contributed by atoms with Gasteiger partial charge < -0.3 is 14.2 Å². The number of halogens is 2. The molecule has 1 aliphatic heterocycles. The molecule has 0 saturated carbocycles. The molecule has 1 aliphatic rings. The highest BCUT2D eigenvalue weighted by Crippen LogP contribution is 2.44. The molecule has 5 aromatic rings. The fraction of sp³-hybridized carbons (Fsp3) is 0.317. The van der Waals surface area contributed by atoms with Crippen LogP contribution >= 0.6 is 0 Å². The van der Waals surface area contributed by atoms with Crippen molar-refractivity contribution in [2.24, 2.45) is 5.41 Å². The number of hydrogen-bond acceptors (Lipinski definition) is 5. The van der Waals surface area contributed by atoms with Crippen molar-refractivity contribution in [1.29, 1.82) is 0 Å². The number of alkyl halides is 2. The van der Waals surface area contributed by atoms with Crippen molar-refractivity contribution < 1.29 is 36.0 Å². The lowest BCUT2D eigenvalue weighted by Crippen LogP contribution is -2.46. The standard InChI is InChI=1S/C41H42F2O6S2/c1-28(41(42,43)51(44,45)46)49-34-17-23-37(24-18-34)50(35-19-13-31(14-20-35)38(2,3)4)36-21-15-32(16-22-36)40(47-26-39(5,6)27-48-40)33-12-11-29-9-7-8-10-30(29)25-33/h7-25,28H,26-27H2,1-6H3/p+1. The number of hydrogen-bond donors (Lipinski definition) is 1. The summed E-state index contributed by atoms with van der Waals surface area (Å²) in [5.41, 5.74) is 2.77. The molecule has 0 aromatic heterocycles. The topological polar surface area (TPSA) is 82.1 Å². The zero-order valence-electron chi connectivity index (χ0n) is 29.5. The Bertz CT molecular complexity index is 2100. The predicted molar refractivity (Wildman–Crippen MR) is 197 cm³/mol. The van der Waals surface area contributed by atoms with E-state index in [9.17, 15) is 17.2 Å². The third kappa shape index (κ3) is 7.57. The van der Waals surface area contributed by atoms with E-state index in [0.29, 0.717) is 13.2 Å². The summed E-state index contributed by atoms with van der Waals surface area (Å²) in [5.74, 6) is -1.06. The third-order valence-corrected chi connectivity index (χ3v) is 12.3. The van der Waals surface area contributed by atoms with Crippen LogP contribution in [0.4, 0.5) is 8.78 Å². The smallest absolute Gasteiger partial charge is 0.405 e. The Morgan fingerprint density at radius 3 is 1.76 bits per heavy atom. The van der Waals surface area contributed by atoms with Crippen LogP contribution in [0.15, 0.2) is 130 Å². The van der Waals surface area contributed by atoms with Crippen molar-refractivity contribution in [3.63, 3.8) is 0 Å². The van der Waals surface area contributed by atoms with E-state index < -0.39 is 38.2 Å². The van der Waals surface area contributed by atoms with E-state index in [2.05, 4.69) is 101 Å². The van der Waals surface area contributed by atoms with Gasteiger partial charge in [-0.3, -0.25) is 4.55 Å². The first-order valence-corrected chi connectivity index (χ1v) is 19.4. The van der Waals surface area contributed by atoms with E-state index in [1.54, 1.807) is 12.1 Å². The van der Waals surface area contributed by atoms with E-state index >= 15 is 0 Å². The minimum absolute atomic E-state index is 0.0375. The van der Waals surface area contributed by atoms with Gasteiger partial charge in [-0.15, -0.1) is 0 Å². The summed E-state index contributed by atoms with van der Waals surface area (Å²) in [6, 6.07) is 37.8. The highest BCUT2D eigenvalue weighted by Gasteiger charge is 2.51. The van der Waals surface area contributed by atoms with Gasteiger partial charge in [-0.05, 0) is 95.4 Å². The minimum Gasteiger partial charge on any atom is -0.483 e. The Morgan fingerprint density at radius 1 is 0.745 bits per heavy atom. The highest BCUT2D eigenvalue weighted by molar-refractivity contribution is 7.97. The molecule has 2 unspecified atom stereocenters. The average molecular weight is 734 g/mol. The van der Waals surface area contributed by atoms with Gasteiger partial charge >= 0.3 is 15.4 Å². The minimum atomic E-state index is -5.65. The van der Waals surface area contributed by atoms with Gasteiger partial charge in [0, 0.05) is 16.5 Å². The van der Waals surface area contributed by atoms with Crippen LogP contribution in [-0.4, -0.2) is 37.5 Å². The van der Waals surface area contributed by atoms with Gasteiger partial charge in [0.2, 0.25) is 5.79 Å². The van der Waals surface area contributed by atoms with Gasteiger partial charge in [0.15, 0.2) is 20.8 Å². The normalized spacial score (nSPS) is 17.5. The molecule has 6 rings (SSSR count). The van der Waals surface area contributed by atoms with Gasteiger partial charge in [-0.1, -0.05) is 83.1 Å². The summed E-state index contributed by atoms with van der Waals surface area (Å²) in [7, 11) is -6.28. The van der Waals surface area contributed by atoms with Gasteiger partial charge in [0.25, 0.3) is 0 Å². The zero-order chi connectivity index (χ0) is 36.8. The number of rotatable bonds is 9. The van der Waals surface area contributed by atoms with Gasteiger partial charge in [-0.2, -0.15) is 17.2 Å². The Balaban J connectivity index is 1.38. The van der Waals surface area contributed by atoms with Crippen molar-refractivity contribution in [3.8, 4) is 5.75 Å². The van der Waals surface area contributed by atoms with Crippen molar-refractivity contribution in [3.05, 3.63) is 132 Å². The van der Waals surface area contributed by atoms with Crippen LogP contribution < -0.4 is 4.74 Å². The summed E-state index contributed by atoms with van der Waals surface area (Å²) >= 11 is 0. The molecule has 0 amide bonds. The van der Waals surface area contributed by atoms with E-state index in [1.807, 2.05) is 24.3 Å². The molecular formula is C41H43F2O6S2+. The number of benzene rings is 5. The van der Waals surface area contributed by atoms with E-state index in [4.69, 9.17) is 18.8 Å². The SMILES string of the molecule is CC(Oc1ccc([S+](c2ccc(C(C)(C)C)cc2)c2ccc(C3(c4ccc5ccccc5c4)OCC(C)(C)CO3)cc2)cc1)C(F)(F)S(=O)(=O)O. The average Bonchev–Trinajstić information content (AvgIpc) is 3.09. The number of fused-ring (bicyclic) bond motifs is 1. The molecule has 51 heavy (non-hydrogen) atoms. The lowest BCUT2D eigenvalue weighted by atomic mass is 9.87. The summed E-state index contributed by atoms with van der Waals surface area (Å²) in [4.78, 5) is 2.95. The highest BCUT2D eigenvalue weighted by atomic mass is 32.2. The van der Waals surface area contributed by atoms with Crippen LogP contribution in [0, 0.1) is 5.41 Å². The molecule has 0 radical (unpaired) electrons. The van der Waals surface area contributed by atoms with Gasteiger partial charge in [0.1, 0.15) is 5.75 Å². The molecular weight excluding hydrogens is 691 g/mol. The molecule has 0 aliphatic carbocycles. The molecule has 0 spiro atoms. The predicted octanol–water partition coefficient (Wildman–Crippen LogP) is 9.75. The van der Waals surface area contributed by atoms with Crippen LogP contribution in [0.25, 0.3) is 10.8 Å². The van der Waals surface area contributed by atoms with Crippen LogP contribution in [0.3, 0.4) is 0 Å². The Kier molecular flexibility index (Phi) is 9.89. The summed E-state index contributed by atoms with van der Waals surface area (Å²) in [6.07, 6.45) is -2.11. The number of ether oxygens (including phenoxy) is 3. The first-order valence-electron chi connectivity index (χ1n) is 16.7. The van der Waals surface area contributed by atoms with Crippen molar-refractivity contribution in [2.45, 2.75) is 78.8 Å². The molecule has 10 heteroatoms. The Labute approximate surface area is 301 Å². The zero-order valence-corrected chi connectivity index (χ0v) is 31.2. The van der Waals surface area contributed by atoms with E-state index in [0.717, 1.165) is 43.5 Å². The molecule has 1 heterocycles. The molecule has 1 N–H and O–H groups in total. The van der Waals surface area contributed by atoms with Crippen LogP contribution in [-0.2, 0) is 41.7 Å². The maximum absolute atomic E-state index is 14.2. The second kappa shape index (κ2) is 13.6. The lowest BCUT2D eigenvalue weighted by molar-refractivity contribution is -0.284. The second-order valence-electron chi connectivity index (χ2n) is 14.8. The summed E-state index contributed by atoms with van der Waals surface area (Å²) in [5, 5.41) is -2.26. The molecule has 5 aromatic carbocycles. The van der Waals surface area contributed by atoms with E-state index in [-0.39, 0.29) is 16.6 Å². The van der Waals surface area contributed by atoms with Crippen LogP contribution in [0.5, 0.6) is 5.75 Å². The quantitative estimate of drug-likeness (QED) is 0.120. The Hall–Kier alpha value is -3.80. The molecule has 268 valence electrons.